The fourth-order valence-electron chi connectivity index (χ4n) is 2.13. The summed E-state index contributed by atoms with van der Waals surface area (Å²) in [5, 5.41) is 6.50. The quantitative estimate of drug-likeness (QED) is 0.863. The summed E-state index contributed by atoms with van der Waals surface area (Å²) in [6, 6.07) is 5.21. The van der Waals surface area contributed by atoms with Crippen LogP contribution in [0.4, 0.5) is 0 Å². The molecular weight excluding hydrogens is 232 g/mol. The molecule has 4 heteroatoms. The van der Waals surface area contributed by atoms with Gasteiger partial charge in [0.25, 0.3) is 0 Å². The molecule has 0 aromatic carbocycles. The van der Waals surface area contributed by atoms with Crippen molar-refractivity contribution >= 4 is 17.2 Å². The topological polar surface area (TPSA) is 41.1 Å². The van der Waals surface area contributed by atoms with E-state index >= 15 is 0 Å². The normalized spacial score (nSPS) is 22.2. The summed E-state index contributed by atoms with van der Waals surface area (Å²) in [5.41, 5.74) is 0. The van der Waals surface area contributed by atoms with E-state index in [-0.39, 0.29) is 5.91 Å². The van der Waals surface area contributed by atoms with Gasteiger partial charge >= 0.3 is 0 Å². The molecule has 2 N–H and O–H groups in total. The second-order valence-corrected chi connectivity index (χ2v) is 5.79. The molecule has 1 saturated heterocycles. The highest BCUT2D eigenvalue weighted by molar-refractivity contribution is 7.12. The van der Waals surface area contributed by atoms with Crippen LogP contribution in [0.5, 0.6) is 0 Å². The second-order valence-electron chi connectivity index (χ2n) is 4.59. The van der Waals surface area contributed by atoms with E-state index in [1.165, 1.54) is 9.75 Å². The molecule has 0 bridgehead atoms. The lowest BCUT2D eigenvalue weighted by Gasteiger charge is -2.26. The van der Waals surface area contributed by atoms with E-state index < -0.39 is 0 Å². The molecule has 17 heavy (non-hydrogen) atoms. The van der Waals surface area contributed by atoms with Gasteiger partial charge in [-0.2, -0.15) is 0 Å². The van der Waals surface area contributed by atoms with Crippen LogP contribution in [0.15, 0.2) is 12.1 Å². The van der Waals surface area contributed by atoms with Crippen molar-refractivity contribution < 1.29 is 4.79 Å². The number of rotatable bonds is 4. The molecule has 0 aliphatic carbocycles. The van der Waals surface area contributed by atoms with Gasteiger partial charge in [-0.05, 0) is 31.9 Å². The van der Waals surface area contributed by atoms with Gasteiger partial charge in [0.05, 0.1) is 0 Å². The van der Waals surface area contributed by atoms with Gasteiger partial charge in [0.15, 0.2) is 0 Å². The lowest BCUT2D eigenvalue weighted by atomic mass is 10.1. The predicted molar refractivity (Wildman–Crippen MR) is 71.3 cm³/mol. The highest BCUT2D eigenvalue weighted by Gasteiger charge is 2.20. The van der Waals surface area contributed by atoms with Crippen molar-refractivity contribution in [3.8, 4) is 0 Å². The first-order chi connectivity index (χ1) is 8.19. The number of hydrogen-bond acceptors (Lipinski definition) is 3. The van der Waals surface area contributed by atoms with E-state index in [2.05, 4.69) is 36.6 Å². The number of carbonyl (C=O) groups is 1. The van der Waals surface area contributed by atoms with Crippen molar-refractivity contribution in [2.24, 2.45) is 0 Å². The second kappa shape index (κ2) is 5.65. The van der Waals surface area contributed by atoms with Crippen LogP contribution >= 0.6 is 11.3 Å². The van der Waals surface area contributed by atoms with Gasteiger partial charge in [0.2, 0.25) is 5.91 Å². The summed E-state index contributed by atoms with van der Waals surface area (Å²) in [6.45, 7) is 5.14. The summed E-state index contributed by atoms with van der Waals surface area (Å²) in [6.07, 6.45) is 2.70. The van der Waals surface area contributed by atoms with Crippen LogP contribution in [-0.2, 0) is 11.2 Å². The summed E-state index contributed by atoms with van der Waals surface area (Å²) in [5.74, 6) is 0.181. The minimum Gasteiger partial charge on any atom is -0.355 e. The first-order valence-electron chi connectivity index (χ1n) is 6.30. The Bertz CT molecular complexity index is 379. The highest BCUT2D eigenvalue weighted by Crippen LogP contribution is 2.24. The summed E-state index contributed by atoms with van der Waals surface area (Å²) in [7, 11) is 0. The fourth-order valence-corrected chi connectivity index (χ4v) is 3.09. The van der Waals surface area contributed by atoms with Gasteiger partial charge in [-0.15, -0.1) is 11.3 Å². The van der Waals surface area contributed by atoms with Crippen molar-refractivity contribution in [1.82, 2.24) is 10.6 Å². The van der Waals surface area contributed by atoms with Gasteiger partial charge in [-0.1, -0.05) is 6.92 Å². The Labute approximate surface area is 107 Å². The van der Waals surface area contributed by atoms with E-state index in [9.17, 15) is 4.79 Å². The molecule has 0 radical (unpaired) electrons. The van der Waals surface area contributed by atoms with E-state index in [1.807, 2.05) is 11.3 Å². The molecule has 2 atom stereocenters. The third-order valence-corrected chi connectivity index (χ3v) is 4.62. The number of carbonyl (C=O) groups excluding carboxylic acids is 1. The van der Waals surface area contributed by atoms with Crippen LogP contribution in [0, 0.1) is 0 Å². The smallest absolute Gasteiger partial charge is 0.220 e. The van der Waals surface area contributed by atoms with Crippen LogP contribution < -0.4 is 10.6 Å². The third kappa shape index (κ3) is 3.30. The van der Waals surface area contributed by atoms with Crippen LogP contribution in [-0.4, -0.2) is 18.5 Å². The number of amides is 1. The zero-order chi connectivity index (χ0) is 12.3. The molecule has 1 amide bonds. The molecule has 0 saturated carbocycles. The Morgan fingerprint density at radius 3 is 3.00 bits per heavy atom. The molecule has 1 aliphatic heterocycles. The van der Waals surface area contributed by atoms with E-state index in [0.29, 0.717) is 18.5 Å². The maximum atomic E-state index is 11.1. The van der Waals surface area contributed by atoms with Crippen molar-refractivity contribution in [2.45, 2.75) is 45.2 Å². The minimum atomic E-state index is 0.181. The molecule has 1 aromatic rings. The molecule has 2 heterocycles. The zero-order valence-electron chi connectivity index (χ0n) is 10.5. The number of nitrogens with one attached hydrogen (secondary N) is 2. The standard InChI is InChI=1S/C13H20N2OS/c1-3-11-5-6-12(17-11)9(2)15-10-4-7-13(16)14-8-10/h5-6,9-10,15H,3-4,7-8H2,1-2H3,(H,14,16). The summed E-state index contributed by atoms with van der Waals surface area (Å²) in [4.78, 5) is 13.9. The summed E-state index contributed by atoms with van der Waals surface area (Å²) < 4.78 is 0. The van der Waals surface area contributed by atoms with Gasteiger partial charge in [0, 0.05) is 34.8 Å². The van der Waals surface area contributed by atoms with Crippen molar-refractivity contribution in [3.05, 3.63) is 21.9 Å². The number of aryl methyl sites for hydroxylation is 1. The number of piperidine rings is 1. The maximum absolute atomic E-state index is 11.1. The molecule has 1 fully saturated rings. The van der Waals surface area contributed by atoms with Crippen molar-refractivity contribution in [1.29, 1.82) is 0 Å². The van der Waals surface area contributed by atoms with E-state index in [0.717, 1.165) is 19.4 Å². The van der Waals surface area contributed by atoms with Gasteiger partial charge in [0.1, 0.15) is 0 Å². The molecule has 94 valence electrons. The predicted octanol–water partition coefficient (Wildman–Crippen LogP) is 2.24. The Morgan fingerprint density at radius 1 is 1.59 bits per heavy atom. The van der Waals surface area contributed by atoms with E-state index in [4.69, 9.17) is 0 Å². The summed E-state index contributed by atoms with van der Waals surface area (Å²) >= 11 is 1.88. The average molecular weight is 252 g/mol. The molecule has 2 rings (SSSR count). The average Bonchev–Trinajstić information content (AvgIpc) is 2.81. The fraction of sp³-hybridized carbons (Fsp3) is 0.615. The molecule has 3 nitrogen and oxygen atoms in total. The monoisotopic (exact) mass is 252 g/mol. The SMILES string of the molecule is CCc1ccc(C(C)NC2CCC(=O)NC2)s1. The molecule has 1 aromatic heterocycles. The molecule has 0 spiro atoms. The lowest BCUT2D eigenvalue weighted by Crippen LogP contribution is -2.46. The Kier molecular flexibility index (Phi) is 4.18. The van der Waals surface area contributed by atoms with Crippen LogP contribution in [0.3, 0.4) is 0 Å². The molecule has 2 unspecified atom stereocenters. The number of hydrogen-bond donors (Lipinski definition) is 2. The largest absolute Gasteiger partial charge is 0.355 e. The van der Waals surface area contributed by atoms with Crippen LogP contribution in [0.1, 0.15) is 42.5 Å². The van der Waals surface area contributed by atoms with Crippen LogP contribution in [0.25, 0.3) is 0 Å². The van der Waals surface area contributed by atoms with Gasteiger partial charge < -0.3 is 10.6 Å². The molecular formula is C13H20N2OS. The zero-order valence-corrected chi connectivity index (χ0v) is 11.3. The molecule has 1 aliphatic rings. The highest BCUT2D eigenvalue weighted by atomic mass is 32.1. The Balaban J connectivity index is 1.88. The number of thiophene rings is 1. The van der Waals surface area contributed by atoms with Gasteiger partial charge in [-0.3, -0.25) is 4.79 Å². The van der Waals surface area contributed by atoms with Crippen molar-refractivity contribution in [3.63, 3.8) is 0 Å². The van der Waals surface area contributed by atoms with E-state index in [1.54, 1.807) is 0 Å². The first-order valence-corrected chi connectivity index (χ1v) is 7.12. The van der Waals surface area contributed by atoms with Crippen molar-refractivity contribution in [2.75, 3.05) is 6.54 Å². The maximum Gasteiger partial charge on any atom is 0.220 e. The lowest BCUT2D eigenvalue weighted by molar-refractivity contribution is -0.122. The van der Waals surface area contributed by atoms with Crippen LogP contribution in [0.2, 0.25) is 0 Å². The third-order valence-electron chi connectivity index (χ3n) is 3.21. The Morgan fingerprint density at radius 2 is 2.41 bits per heavy atom. The van der Waals surface area contributed by atoms with Gasteiger partial charge in [-0.25, -0.2) is 0 Å². The Hall–Kier alpha value is -0.870. The first kappa shape index (κ1) is 12.6. The minimum absolute atomic E-state index is 0.181.